The fourth-order valence-electron chi connectivity index (χ4n) is 3.51. The summed E-state index contributed by atoms with van der Waals surface area (Å²) in [6, 6.07) is 6.29. The molecular weight excluding hydrogens is 370 g/mol. The fourth-order valence-corrected chi connectivity index (χ4v) is 3.51. The summed E-state index contributed by atoms with van der Waals surface area (Å²) >= 11 is 0. The molecule has 0 aromatic heterocycles. The van der Waals surface area contributed by atoms with E-state index in [-0.39, 0.29) is 28.7 Å². The van der Waals surface area contributed by atoms with Crippen molar-refractivity contribution in [3.63, 3.8) is 0 Å². The zero-order chi connectivity index (χ0) is 20.0. The van der Waals surface area contributed by atoms with Crippen molar-refractivity contribution in [2.75, 3.05) is 33.3 Å². The van der Waals surface area contributed by atoms with E-state index in [0.717, 1.165) is 0 Å². The number of nitrogens with zero attached hydrogens (tertiary/aromatic N) is 1. The van der Waals surface area contributed by atoms with Gasteiger partial charge in [-0.2, -0.15) is 0 Å². The molecule has 9 nitrogen and oxygen atoms in total. The normalized spacial score (nSPS) is 12.3. The predicted molar refractivity (Wildman–Crippen MR) is 99.7 cm³/mol. The first kappa shape index (κ1) is 18.0. The molecule has 1 aliphatic rings. The van der Waals surface area contributed by atoms with Gasteiger partial charge in [0.2, 0.25) is 6.79 Å². The highest BCUT2D eigenvalue weighted by Gasteiger charge is 2.28. The van der Waals surface area contributed by atoms with Gasteiger partial charge in [0.05, 0.1) is 32.6 Å². The van der Waals surface area contributed by atoms with Crippen LogP contribution in [0.15, 0.2) is 24.3 Å². The first-order valence-electron chi connectivity index (χ1n) is 8.20. The Morgan fingerprint density at radius 2 is 1.89 bits per heavy atom. The standard InChI is InChI=1S/C19H16NO8/c1-24-13-5-4-9-10(17(13)25-2)6-12(20(22)23)15-11(19(21)26-3)7-14-18(16(9)15)28-8-27-14/h4-7,22H,8H2,1-3H3/q-1. The molecule has 146 valence electrons. The molecule has 0 saturated carbocycles. The zero-order valence-electron chi connectivity index (χ0n) is 15.3. The second-order valence-electron chi connectivity index (χ2n) is 5.96. The molecule has 3 aromatic rings. The van der Waals surface area contributed by atoms with E-state index in [0.29, 0.717) is 39.2 Å². The van der Waals surface area contributed by atoms with Crippen molar-refractivity contribution in [2.45, 2.75) is 0 Å². The highest BCUT2D eigenvalue weighted by molar-refractivity contribution is 6.23. The maximum Gasteiger partial charge on any atom is 0.338 e. The fraction of sp³-hybridized carbons (Fsp3) is 0.211. The Morgan fingerprint density at radius 3 is 2.54 bits per heavy atom. The predicted octanol–water partition coefficient (Wildman–Crippen LogP) is 3.22. The third kappa shape index (κ3) is 2.44. The molecule has 0 saturated heterocycles. The Labute approximate surface area is 159 Å². The highest BCUT2D eigenvalue weighted by Crippen LogP contribution is 2.50. The molecule has 0 unspecified atom stereocenters. The number of carbonyl (C=O) groups excluding carboxylic acids is 1. The minimum atomic E-state index is -0.689. The van der Waals surface area contributed by atoms with Crippen molar-refractivity contribution in [3.05, 3.63) is 35.0 Å². The molecule has 0 atom stereocenters. The molecule has 3 aromatic carbocycles. The maximum absolute atomic E-state index is 12.4. The van der Waals surface area contributed by atoms with Crippen LogP contribution in [0.25, 0.3) is 21.5 Å². The smallest absolute Gasteiger partial charge is 0.338 e. The number of benzene rings is 3. The van der Waals surface area contributed by atoms with Crippen molar-refractivity contribution >= 4 is 33.2 Å². The second-order valence-corrected chi connectivity index (χ2v) is 5.96. The van der Waals surface area contributed by atoms with Gasteiger partial charge in [0, 0.05) is 16.2 Å². The van der Waals surface area contributed by atoms with Crippen molar-refractivity contribution in [1.29, 1.82) is 0 Å². The quantitative estimate of drug-likeness (QED) is 0.410. The van der Waals surface area contributed by atoms with Crippen LogP contribution in [-0.4, -0.2) is 39.3 Å². The average Bonchev–Trinajstić information content (AvgIpc) is 3.18. The number of carbonyl (C=O) groups is 1. The topological polar surface area (TPSA) is 110 Å². The second kappa shape index (κ2) is 6.63. The Balaban J connectivity index is 2.28. The Bertz CT molecular complexity index is 1110. The zero-order valence-corrected chi connectivity index (χ0v) is 15.3. The van der Waals surface area contributed by atoms with Crippen LogP contribution in [0.1, 0.15) is 10.4 Å². The molecule has 1 heterocycles. The van der Waals surface area contributed by atoms with Crippen LogP contribution >= 0.6 is 0 Å². The molecule has 28 heavy (non-hydrogen) atoms. The number of ether oxygens (including phenoxy) is 5. The molecule has 0 fully saturated rings. The van der Waals surface area contributed by atoms with Crippen molar-refractivity contribution in [3.8, 4) is 23.0 Å². The lowest BCUT2D eigenvalue weighted by atomic mass is 9.94. The first-order valence-corrected chi connectivity index (χ1v) is 8.20. The van der Waals surface area contributed by atoms with E-state index in [1.165, 1.54) is 33.5 Å². The van der Waals surface area contributed by atoms with Crippen LogP contribution in [0.3, 0.4) is 0 Å². The summed E-state index contributed by atoms with van der Waals surface area (Å²) < 4.78 is 26.7. The van der Waals surface area contributed by atoms with Gasteiger partial charge in [-0.05, 0) is 29.7 Å². The van der Waals surface area contributed by atoms with Crippen LogP contribution in [0.5, 0.6) is 23.0 Å². The molecule has 0 aliphatic carbocycles. The SMILES string of the molecule is COC(=O)c1cc2c(c3c1c(N([O-])O)cc1c(OC)c(OC)ccc13)OCO2. The lowest BCUT2D eigenvalue weighted by Crippen LogP contribution is -2.11. The summed E-state index contributed by atoms with van der Waals surface area (Å²) in [4.78, 5) is 12.4. The summed E-state index contributed by atoms with van der Waals surface area (Å²) in [6.45, 7) is -0.0473. The molecule has 0 radical (unpaired) electrons. The summed E-state index contributed by atoms with van der Waals surface area (Å²) in [5.74, 6) is 0.793. The largest absolute Gasteiger partial charge is 0.733 e. The van der Waals surface area contributed by atoms with E-state index >= 15 is 0 Å². The maximum atomic E-state index is 12.4. The minimum absolute atomic E-state index is 0.0473. The Morgan fingerprint density at radius 1 is 1.11 bits per heavy atom. The van der Waals surface area contributed by atoms with Gasteiger partial charge in [-0.1, -0.05) is 0 Å². The van der Waals surface area contributed by atoms with Crippen LogP contribution in [0.4, 0.5) is 5.69 Å². The molecule has 4 rings (SSSR count). The van der Waals surface area contributed by atoms with Crippen LogP contribution < -0.4 is 24.2 Å². The Kier molecular flexibility index (Phi) is 4.25. The van der Waals surface area contributed by atoms with E-state index in [2.05, 4.69) is 0 Å². The molecule has 0 bridgehead atoms. The minimum Gasteiger partial charge on any atom is -0.733 e. The van der Waals surface area contributed by atoms with Crippen LogP contribution in [0.2, 0.25) is 0 Å². The van der Waals surface area contributed by atoms with Gasteiger partial charge in [-0.3, -0.25) is 5.21 Å². The molecular formula is C19H16NO8-. The summed E-state index contributed by atoms with van der Waals surface area (Å²) in [7, 11) is 4.17. The van der Waals surface area contributed by atoms with E-state index in [4.69, 9.17) is 23.7 Å². The summed E-state index contributed by atoms with van der Waals surface area (Å²) in [5, 5.41) is 23.2. The van der Waals surface area contributed by atoms with E-state index in [1.54, 1.807) is 12.1 Å². The third-order valence-electron chi connectivity index (χ3n) is 4.67. The van der Waals surface area contributed by atoms with E-state index < -0.39 is 5.97 Å². The lowest BCUT2D eigenvalue weighted by Gasteiger charge is -2.26. The van der Waals surface area contributed by atoms with Gasteiger partial charge >= 0.3 is 5.97 Å². The summed E-state index contributed by atoms with van der Waals surface area (Å²) in [5.41, 5.74) is -0.115. The number of hydrogen-bond acceptors (Lipinski definition) is 9. The van der Waals surface area contributed by atoms with E-state index in [1.807, 2.05) is 0 Å². The van der Waals surface area contributed by atoms with Crippen LogP contribution in [0, 0.1) is 5.21 Å². The van der Waals surface area contributed by atoms with Gasteiger partial charge in [-0.15, -0.1) is 0 Å². The monoisotopic (exact) mass is 386 g/mol. The highest BCUT2D eigenvalue weighted by atomic mass is 16.8. The van der Waals surface area contributed by atoms with Crippen molar-refractivity contribution in [2.24, 2.45) is 0 Å². The van der Waals surface area contributed by atoms with Gasteiger partial charge in [0.25, 0.3) is 0 Å². The van der Waals surface area contributed by atoms with Crippen molar-refractivity contribution in [1.82, 2.24) is 0 Å². The van der Waals surface area contributed by atoms with Crippen LogP contribution in [-0.2, 0) is 4.74 Å². The first-order chi connectivity index (χ1) is 13.5. The lowest BCUT2D eigenvalue weighted by molar-refractivity contribution is 0.0602. The Hall–Kier alpha value is -3.43. The molecule has 9 heteroatoms. The van der Waals surface area contributed by atoms with Crippen molar-refractivity contribution < 1.29 is 33.7 Å². The molecule has 1 N–H and O–H groups in total. The summed E-state index contributed by atoms with van der Waals surface area (Å²) in [6.07, 6.45) is 0. The van der Waals surface area contributed by atoms with Gasteiger partial charge in [-0.25, -0.2) is 4.79 Å². The molecule has 1 aliphatic heterocycles. The number of hydrogen-bond donors (Lipinski definition) is 1. The third-order valence-corrected chi connectivity index (χ3v) is 4.67. The molecule has 0 spiro atoms. The van der Waals surface area contributed by atoms with E-state index in [9.17, 15) is 15.2 Å². The number of methoxy groups -OCH3 is 3. The van der Waals surface area contributed by atoms with Gasteiger partial charge in [0.1, 0.15) is 0 Å². The number of esters is 1. The van der Waals surface area contributed by atoms with Gasteiger partial charge < -0.3 is 34.1 Å². The number of fused-ring (bicyclic) bond motifs is 5. The molecule has 0 amide bonds. The number of rotatable bonds is 4. The van der Waals surface area contributed by atoms with Gasteiger partial charge in [0.15, 0.2) is 23.0 Å². The average molecular weight is 386 g/mol. The number of anilines is 1.